The molecule has 0 aromatic carbocycles. The third-order valence-corrected chi connectivity index (χ3v) is 2.34. The van der Waals surface area contributed by atoms with Gasteiger partial charge in [0.15, 0.2) is 0 Å². The molecular weight excluding hydrogens is 182 g/mol. The molecule has 14 heavy (non-hydrogen) atoms. The molecule has 4 heteroatoms. The number of piperidine rings is 1. The third-order valence-electron chi connectivity index (χ3n) is 2.34. The maximum Gasteiger partial charge on any atom is 0.513 e. The van der Waals surface area contributed by atoms with Crippen LogP contribution in [0.3, 0.4) is 0 Å². The Kier molecular flexibility index (Phi) is 4.46. The topological polar surface area (TPSA) is 38.8 Å². The molecular formula is C10H17NO3. The van der Waals surface area contributed by atoms with Crippen LogP contribution in [0.4, 0.5) is 4.79 Å². The van der Waals surface area contributed by atoms with Gasteiger partial charge in [0.1, 0.15) is 0 Å². The van der Waals surface area contributed by atoms with Crippen LogP contribution in [0, 0.1) is 5.92 Å². The Labute approximate surface area is 84.5 Å². The summed E-state index contributed by atoms with van der Waals surface area (Å²) in [5.41, 5.74) is 0. The van der Waals surface area contributed by atoms with Crippen molar-refractivity contribution in [2.75, 3.05) is 26.7 Å². The fourth-order valence-electron chi connectivity index (χ4n) is 1.70. The number of hydrogen-bond donors (Lipinski definition) is 0. The molecule has 1 atom stereocenters. The lowest BCUT2D eigenvalue weighted by molar-refractivity contribution is 0.0562. The Morgan fingerprint density at radius 1 is 1.71 bits per heavy atom. The normalized spacial score (nSPS) is 22.8. The molecule has 0 spiro atoms. The molecule has 0 aliphatic carbocycles. The van der Waals surface area contributed by atoms with E-state index in [-0.39, 0.29) is 0 Å². The van der Waals surface area contributed by atoms with E-state index in [0.717, 1.165) is 25.8 Å². The molecule has 0 aromatic heterocycles. The first kappa shape index (κ1) is 11.0. The first-order valence-corrected chi connectivity index (χ1v) is 4.85. The summed E-state index contributed by atoms with van der Waals surface area (Å²) in [5, 5.41) is 0. The number of hydrogen-bond acceptors (Lipinski definition) is 4. The van der Waals surface area contributed by atoms with Gasteiger partial charge in [-0.05, 0) is 26.4 Å². The van der Waals surface area contributed by atoms with Gasteiger partial charge in [0.25, 0.3) is 0 Å². The van der Waals surface area contributed by atoms with Crippen LogP contribution in [0.25, 0.3) is 0 Å². The van der Waals surface area contributed by atoms with Crippen molar-refractivity contribution >= 4 is 6.16 Å². The van der Waals surface area contributed by atoms with E-state index < -0.39 is 6.16 Å². The average molecular weight is 199 g/mol. The van der Waals surface area contributed by atoms with Crippen molar-refractivity contribution in [2.45, 2.75) is 12.8 Å². The van der Waals surface area contributed by atoms with Gasteiger partial charge < -0.3 is 14.4 Å². The summed E-state index contributed by atoms with van der Waals surface area (Å²) < 4.78 is 9.36. The second-order valence-corrected chi connectivity index (χ2v) is 3.62. The number of carbonyl (C=O) groups is 1. The molecule has 0 N–H and O–H groups in total. The summed E-state index contributed by atoms with van der Waals surface area (Å²) in [6, 6.07) is 0. The highest BCUT2D eigenvalue weighted by molar-refractivity contribution is 5.60. The van der Waals surface area contributed by atoms with Gasteiger partial charge in [0.2, 0.25) is 0 Å². The Hall–Kier alpha value is -1.03. The molecule has 1 fully saturated rings. The van der Waals surface area contributed by atoms with Gasteiger partial charge in [0, 0.05) is 12.5 Å². The van der Waals surface area contributed by atoms with Gasteiger partial charge >= 0.3 is 6.16 Å². The van der Waals surface area contributed by atoms with Crippen LogP contribution in [0.5, 0.6) is 0 Å². The fraction of sp³-hybridized carbons (Fsp3) is 0.700. The molecule has 0 saturated carbocycles. The monoisotopic (exact) mass is 199 g/mol. The van der Waals surface area contributed by atoms with Crippen LogP contribution in [0.1, 0.15) is 12.8 Å². The molecule has 1 rings (SSSR count). The summed E-state index contributed by atoms with van der Waals surface area (Å²) >= 11 is 0. The van der Waals surface area contributed by atoms with E-state index in [1.54, 1.807) is 0 Å². The van der Waals surface area contributed by atoms with Crippen molar-refractivity contribution < 1.29 is 14.3 Å². The number of nitrogens with zero attached hydrogens (tertiary/aromatic N) is 1. The minimum absolute atomic E-state index is 0.436. The lowest BCUT2D eigenvalue weighted by Crippen LogP contribution is -2.34. The third kappa shape index (κ3) is 3.79. The van der Waals surface area contributed by atoms with Crippen molar-refractivity contribution in [3.8, 4) is 0 Å². The van der Waals surface area contributed by atoms with E-state index >= 15 is 0 Å². The fourth-order valence-corrected chi connectivity index (χ4v) is 1.70. The lowest BCUT2D eigenvalue weighted by Gasteiger charge is -2.28. The van der Waals surface area contributed by atoms with E-state index in [1.165, 1.54) is 6.42 Å². The zero-order valence-corrected chi connectivity index (χ0v) is 8.57. The van der Waals surface area contributed by atoms with Crippen LogP contribution in [0.15, 0.2) is 12.8 Å². The Balaban J connectivity index is 2.17. The lowest BCUT2D eigenvalue weighted by atomic mass is 10.00. The first-order valence-electron chi connectivity index (χ1n) is 4.85. The van der Waals surface area contributed by atoms with E-state index in [4.69, 9.17) is 4.74 Å². The number of likely N-dealkylation sites (tertiary alicyclic amines) is 1. The van der Waals surface area contributed by atoms with Crippen LogP contribution in [0.2, 0.25) is 0 Å². The summed E-state index contributed by atoms with van der Waals surface area (Å²) in [6.07, 6.45) is 2.70. The van der Waals surface area contributed by atoms with Gasteiger partial charge in [0.05, 0.1) is 12.9 Å². The average Bonchev–Trinajstić information content (AvgIpc) is 2.15. The van der Waals surface area contributed by atoms with Crippen LogP contribution < -0.4 is 0 Å². The second kappa shape index (κ2) is 5.65. The highest BCUT2D eigenvalue weighted by atomic mass is 16.7. The molecule has 80 valence electrons. The summed E-state index contributed by atoms with van der Waals surface area (Å²) in [6.45, 7) is 5.84. The number of ether oxygens (including phenoxy) is 2. The van der Waals surface area contributed by atoms with E-state index in [9.17, 15) is 4.79 Å². The molecule has 1 aliphatic rings. The van der Waals surface area contributed by atoms with E-state index in [2.05, 4.69) is 23.3 Å². The zero-order chi connectivity index (χ0) is 10.4. The minimum Gasteiger partial charge on any atom is -0.434 e. The molecule has 1 heterocycles. The summed E-state index contributed by atoms with van der Waals surface area (Å²) in [7, 11) is 2.08. The smallest absolute Gasteiger partial charge is 0.434 e. The highest BCUT2D eigenvalue weighted by Gasteiger charge is 2.18. The molecule has 0 bridgehead atoms. The Morgan fingerprint density at radius 3 is 3.14 bits per heavy atom. The summed E-state index contributed by atoms with van der Waals surface area (Å²) in [4.78, 5) is 13.1. The molecule has 0 radical (unpaired) electrons. The highest BCUT2D eigenvalue weighted by Crippen LogP contribution is 2.15. The Bertz CT molecular complexity index is 206. The predicted octanol–water partition coefficient (Wildman–Crippen LogP) is 1.62. The van der Waals surface area contributed by atoms with Crippen molar-refractivity contribution in [3.05, 3.63) is 12.8 Å². The van der Waals surface area contributed by atoms with Gasteiger partial charge in [-0.3, -0.25) is 0 Å². The minimum atomic E-state index is -0.659. The standard InChI is InChI=1S/C10H17NO3/c1-3-13-10(12)14-8-9-5-4-6-11(2)7-9/h3,9H,1,4-8H2,2H3. The first-order chi connectivity index (χ1) is 6.72. The van der Waals surface area contributed by atoms with Crippen molar-refractivity contribution in [1.29, 1.82) is 0 Å². The summed E-state index contributed by atoms with van der Waals surface area (Å²) in [5.74, 6) is 0.436. The molecule has 0 amide bonds. The molecule has 4 nitrogen and oxygen atoms in total. The number of carbonyl (C=O) groups excluding carboxylic acids is 1. The molecule has 1 saturated heterocycles. The van der Waals surface area contributed by atoms with E-state index in [0.29, 0.717) is 12.5 Å². The van der Waals surface area contributed by atoms with E-state index in [1.807, 2.05) is 0 Å². The van der Waals surface area contributed by atoms with Crippen LogP contribution in [-0.2, 0) is 9.47 Å². The number of rotatable bonds is 3. The predicted molar refractivity (Wildman–Crippen MR) is 52.9 cm³/mol. The second-order valence-electron chi connectivity index (χ2n) is 3.62. The quantitative estimate of drug-likeness (QED) is 0.511. The largest absolute Gasteiger partial charge is 0.513 e. The molecule has 1 aliphatic heterocycles. The van der Waals surface area contributed by atoms with Crippen LogP contribution in [-0.4, -0.2) is 37.8 Å². The van der Waals surface area contributed by atoms with Gasteiger partial charge in [-0.15, -0.1) is 0 Å². The molecule has 0 aromatic rings. The van der Waals surface area contributed by atoms with Gasteiger partial charge in [-0.25, -0.2) is 4.79 Å². The maximum atomic E-state index is 10.8. The zero-order valence-electron chi connectivity index (χ0n) is 8.57. The van der Waals surface area contributed by atoms with Gasteiger partial charge in [-0.2, -0.15) is 0 Å². The van der Waals surface area contributed by atoms with Crippen molar-refractivity contribution in [1.82, 2.24) is 4.90 Å². The Morgan fingerprint density at radius 2 is 2.50 bits per heavy atom. The molecule has 1 unspecified atom stereocenters. The van der Waals surface area contributed by atoms with Crippen LogP contribution >= 0.6 is 0 Å². The van der Waals surface area contributed by atoms with Crippen molar-refractivity contribution in [2.24, 2.45) is 5.92 Å². The maximum absolute atomic E-state index is 10.8. The van der Waals surface area contributed by atoms with Gasteiger partial charge in [-0.1, -0.05) is 6.58 Å². The van der Waals surface area contributed by atoms with Crippen molar-refractivity contribution in [3.63, 3.8) is 0 Å². The SMILES string of the molecule is C=COC(=O)OCC1CCCN(C)C1.